The van der Waals surface area contributed by atoms with Crippen LogP contribution >= 0.6 is 0 Å². The van der Waals surface area contributed by atoms with Gasteiger partial charge in [0.1, 0.15) is 23.2 Å². The van der Waals surface area contributed by atoms with Crippen LogP contribution in [0.4, 0.5) is 14.4 Å². The molecule has 0 saturated carbocycles. The Morgan fingerprint density at radius 3 is 1.34 bits per heavy atom. The molecule has 0 aliphatic carbocycles. The Morgan fingerprint density at radius 2 is 0.951 bits per heavy atom. The minimum atomic E-state index is -1.22. The molecule has 0 bridgehead atoms. The molecule has 0 aliphatic heterocycles. The van der Waals surface area contributed by atoms with Crippen LogP contribution in [0, 0.1) is 0 Å². The van der Waals surface area contributed by atoms with Gasteiger partial charge in [-0.05, 0) is 88.0 Å². The summed E-state index contributed by atoms with van der Waals surface area (Å²) in [6.07, 6.45) is -0.272. The standard InChI is InChI=1S/C28H52N4O9/c1-26(2,3)39-23(36)29-14-12-18-31(21(33)20-22(34)35)16-10-11-17-32(25(38)41-28(7,8)9)19-13-15-30-24(37)40-27(4,5)6/h10-20H2,1-9H3,(H,29,36)(H,30,37)(H,34,35). The lowest BCUT2D eigenvalue weighted by Gasteiger charge is -2.28. The van der Waals surface area contributed by atoms with Crippen molar-refractivity contribution in [2.75, 3.05) is 39.3 Å². The van der Waals surface area contributed by atoms with E-state index in [-0.39, 0.29) is 13.1 Å². The highest BCUT2D eigenvalue weighted by molar-refractivity contribution is 5.93. The van der Waals surface area contributed by atoms with E-state index in [2.05, 4.69) is 10.6 Å². The first kappa shape index (κ1) is 37.8. The van der Waals surface area contributed by atoms with Crippen LogP contribution in [-0.4, -0.2) is 101 Å². The van der Waals surface area contributed by atoms with E-state index < -0.39 is 53.4 Å². The number of rotatable bonds is 15. The molecule has 0 radical (unpaired) electrons. The second kappa shape index (κ2) is 17.5. The quantitative estimate of drug-likeness (QED) is 0.145. The third-order valence-electron chi connectivity index (χ3n) is 4.96. The van der Waals surface area contributed by atoms with Gasteiger partial charge < -0.3 is 39.8 Å². The molecule has 0 fully saturated rings. The second-order valence-electron chi connectivity index (χ2n) is 12.7. The lowest BCUT2D eigenvalue weighted by Crippen LogP contribution is -2.40. The molecule has 238 valence electrons. The highest BCUT2D eigenvalue weighted by atomic mass is 16.6. The van der Waals surface area contributed by atoms with E-state index in [9.17, 15) is 24.0 Å². The van der Waals surface area contributed by atoms with Gasteiger partial charge in [0, 0.05) is 39.3 Å². The molecule has 0 unspecified atom stereocenters. The molecule has 13 nitrogen and oxygen atoms in total. The van der Waals surface area contributed by atoms with Crippen molar-refractivity contribution < 1.29 is 43.3 Å². The molecule has 0 aromatic rings. The molecular weight excluding hydrogens is 536 g/mol. The Balaban J connectivity index is 4.92. The van der Waals surface area contributed by atoms with Crippen LogP contribution in [0.25, 0.3) is 0 Å². The van der Waals surface area contributed by atoms with Crippen LogP contribution in [0.3, 0.4) is 0 Å². The molecule has 0 spiro atoms. The number of nitrogens with one attached hydrogen (secondary N) is 2. The number of hydrogen-bond acceptors (Lipinski definition) is 8. The molecule has 0 rings (SSSR count). The number of aliphatic carboxylic acids is 1. The fourth-order valence-electron chi connectivity index (χ4n) is 3.38. The highest BCUT2D eigenvalue weighted by Crippen LogP contribution is 2.12. The summed E-state index contributed by atoms with van der Waals surface area (Å²) >= 11 is 0. The Hall–Kier alpha value is -3.25. The predicted octanol–water partition coefficient (Wildman–Crippen LogP) is 4.14. The largest absolute Gasteiger partial charge is 0.481 e. The fourth-order valence-corrected chi connectivity index (χ4v) is 3.38. The van der Waals surface area contributed by atoms with Gasteiger partial charge in [-0.25, -0.2) is 14.4 Å². The fraction of sp³-hybridized carbons (Fsp3) is 0.821. The molecular formula is C28H52N4O9. The first-order valence-corrected chi connectivity index (χ1v) is 14.1. The monoisotopic (exact) mass is 588 g/mol. The number of carboxylic acids is 1. The summed E-state index contributed by atoms with van der Waals surface area (Å²) in [5, 5.41) is 14.4. The smallest absolute Gasteiger partial charge is 0.410 e. The van der Waals surface area contributed by atoms with Gasteiger partial charge in [0.25, 0.3) is 0 Å². The number of alkyl carbamates (subject to hydrolysis) is 2. The number of unbranched alkanes of at least 4 members (excludes halogenated alkanes) is 1. The van der Waals surface area contributed by atoms with Gasteiger partial charge in [-0.15, -0.1) is 0 Å². The van der Waals surface area contributed by atoms with Crippen molar-refractivity contribution in [1.29, 1.82) is 0 Å². The summed E-state index contributed by atoms with van der Waals surface area (Å²) in [5.41, 5.74) is -1.92. The van der Waals surface area contributed by atoms with Crippen molar-refractivity contribution in [3.63, 3.8) is 0 Å². The van der Waals surface area contributed by atoms with Crippen molar-refractivity contribution in [2.45, 2.75) is 111 Å². The molecule has 0 aromatic heterocycles. The van der Waals surface area contributed by atoms with Gasteiger partial charge in [-0.2, -0.15) is 0 Å². The van der Waals surface area contributed by atoms with Gasteiger partial charge in [-0.3, -0.25) is 9.59 Å². The topological polar surface area (TPSA) is 164 Å². The summed E-state index contributed by atoms with van der Waals surface area (Å²) in [6.45, 7) is 17.7. The van der Waals surface area contributed by atoms with E-state index in [1.165, 1.54) is 4.90 Å². The molecule has 3 N–H and O–H groups in total. The molecule has 0 atom stereocenters. The highest BCUT2D eigenvalue weighted by Gasteiger charge is 2.23. The van der Waals surface area contributed by atoms with Crippen molar-refractivity contribution >= 4 is 30.2 Å². The Kier molecular flexibility index (Phi) is 16.1. The van der Waals surface area contributed by atoms with E-state index in [0.717, 1.165) is 0 Å². The normalized spacial score (nSPS) is 11.7. The third-order valence-corrected chi connectivity index (χ3v) is 4.96. The first-order chi connectivity index (χ1) is 18.7. The molecule has 41 heavy (non-hydrogen) atoms. The maximum Gasteiger partial charge on any atom is 0.410 e. The number of carbonyl (C=O) groups excluding carboxylic acids is 4. The zero-order chi connectivity index (χ0) is 31.9. The minimum absolute atomic E-state index is 0.258. The van der Waals surface area contributed by atoms with Crippen LogP contribution in [0.5, 0.6) is 0 Å². The molecule has 0 heterocycles. The number of carbonyl (C=O) groups is 5. The SMILES string of the molecule is CC(C)(C)OC(=O)NCCCN(CCCCN(CCCNC(=O)OC(C)(C)C)C(=O)OC(C)(C)C)C(=O)CC(=O)O. The second-order valence-corrected chi connectivity index (χ2v) is 12.7. The van der Waals surface area contributed by atoms with Gasteiger partial charge in [0.15, 0.2) is 0 Å². The third kappa shape index (κ3) is 22.2. The summed E-state index contributed by atoms with van der Waals surface area (Å²) in [6, 6.07) is 0. The van der Waals surface area contributed by atoms with Gasteiger partial charge in [0.2, 0.25) is 5.91 Å². The van der Waals surface area contributed by atoms with E-state index in [1.807, 2.05) is 0 Å². The molecule has 0 aliphatic rings. The summed E-state index contributed by atoms with van der Waals surface area (Å²) < 4.78 is 15.9. The minimum Gasteiger partial charge on any atom is -0.481 e. The average Bonchev–Trinajstić information content (AvgIpc) is 2.74. The van der Waals surface area contributed by atoms with Crippen LogP contribution in [-0.2, 0) is 23.8 Å². The van der Waals surface area contributed by atoms with Gasteiger partial charge in [-0.1, -0.05) is 0 Å². The van der Waals surface area contributed by atoms with Crippen LogP contribution in [0.1, 0.15) is 94.4 Å². The van der Waals surface area contributed by atoms with Gasteiger partial charge >= 0.3 is 24.2 Å². The predicted molar refractivity (Wildman–Crippen MR) is 154 cm³/mol. The van der Waals surface area contributed by atoms with E-state index >= 15 is 0 Å². The van der Waals surface area contributed by atoms with E-state index in [4.69, 9.17) is 19.3 Å². The zero-order valence-electron chi connectivity index (χ0n) is 26.4. The Morgan fingerprint density at radius 1 is 0.585 bits per heavy atom. The van der Waals surface area contributed by atoms with Crippen LogP contribution in [0.2, 0.25) is 0 Å². The zero-order valence-corrected chi connectivity index (χ0v) is 26.4. The molecule has 13 heteroatoms. The maximum atomic E-state index is 12.8. The van der Waals surface area contributed by atoms with E-state index in [1.54, 1.807) is 67.2 Å². The molecule has 0 saturated heterocycles. The van der Waals surface area contributed by atoms with Crippen LogP contribution < -0.4 is 10.6 Å². The van der Waals surface area contributed by atoms with Crippen molar-refractivity contribution in [3.8, 4) is 0 Å². The summed E-state index contributed by atoms with van der Waals surface area (Å²) in [5.74, 6) is -1.74. The number of hydrogen-bond donors (Lipinski definition) is 3. The van der Waals surface area contributed by atoms with Crippen molar-refractivity contribution in [2.24, 2.45) is 0 Å². The molecule has 0 aromatic carbocycles. The van der Waals surface area contributed by atoms with Gasteiger partial charge in [0.05, 0.1) is 0 Å². The number of carboxylic acid groups (broad SMARTS) is 1. The summed E-state index contributed by atoms with van der Waals surface area (Å²) in [7, 11) is 0. The van der Waals surface area contributed by atoms with E-state index in [0.29, 0.717) is 51.9 Å². The molecule has 4 amide bonds. The van der Waals surface area contributed by atoms with Crippen molar-refractivity contribution in [3.05, 3.63) is 0 Å². The van der Waals surface area contributed by atoms with Crippen LogP contribution in [0.15, 0.2) is 0 Å². The number of amides is 4. The Bertz CT molecular complexity index is 858. The average molecular weight is 589 g/mol. The number of ether oxygens (including phenoxy) is 3. The maximum absolute atomic E-state index is 12.8. The number of nitrogens with zero attached hydrogens (tertiary/aromatic N) is 2. The Labute approximate surface area is 244 Å². The van der Waals surface area contributed by atoms with Crippen molar-refractivity contribution in [1.82, 2.24) is 20.4 Å². The lowest BCUT2D eigenvalue weighted by molar-refractivity contribution is -0.144. The summed E-state index contributed by atoms with van der Waals surface area (Å²) in [4.78, 5) is 63.0. The lowest BCUT2D eigenvalue weighted by atomic mass is 10.2. The first-order valence-electron chi connectivity index (χ1n) is 14.1.